The average molecular weight is 423 g/mol. The number of benzene rings is 2. The van der Waals surface area contributed by atoms with Gasteiger partial charge in [0.05, 0.1) is 6.42 Å². The van der Waals surface area contributed by atoms with Crippen LogP contribution in [0.25, 0.3) is 10.6 Å². The molecule has 156 valence electrons. The molecule has 0 bridgehead atoms. The van der Waals surface area contributed by atoms with Gasteiger partial charge in [-0.05, 0) is 18.4 Å². The van der Waals surface area contributed by atoms with Gasteiger partial charge in [-0.2, -0.15) is 0 Å². The highest BCUT2D eigenvalue weighted by Gasteiger charge is 2.27. The summed E-state index contributed by atoms with van der Waals surface area (Å²) in [6, 6.07) is 16.8. The van der Waals surface area contributed by atoms with Crippen LogP contribution in [0.4, 0.5) is 5.13 Å². The minimum atomic E-state index is -0.641. The van der Waals surface area contributed by atoms with Crippen LogP contribution in [0.3, 0.4) is 0 Å². The zero-order chi connectivity index (χ0) is 21.5. The van der Waals surface area contributed by atoms with Gasteiger partial charge in [0.2, 0.25) is 16.9 Å². The van der Waals surface area contributed by atoms with E-state index in [4.69, 9.17) is 0 Å². The molecule has 2 aromatic carbocycles. The van der Waals surface area contributed by atoms with Crippen LogP contribution in [0.5, 0.6) is 0 Å². The molecule has 1 aromatic heterocycles. The Kier molecular flexibility index (Phi) is 7.30. The summed E-state index contributed by atoms with van der Waals surface area (Å²) in [7, 11) is 0. The van der Waals surface area contributed by atoms with Crippen LogP contribution in [0, 0.1) is 12.8 Å². The first-order valence-corrected chi connectivity index (χ1v) is 10.8. The zero-order valence-corrected chi connectivity index (χ0v) is 18.2. The van der Waals surface area contributed by atoms with E-state index in [0.717, 1.165) is 22.6 Å². The van der Waals surface area contributed by atoms with Gasteiger partial charge < -0.3 is 5.32 Å². The first-order chi connectivity index (χ1) is 14.5. The van der Waals surface area contributed by atoms with Gasteiger partial charge >= 0.3 is 0 Å². The van der Waals surface area contributed by atoms with Crippen LogP contribution in [0.2, 0.25) is 0 Å². The van der Waals surface area contributed by atoms with Crippen molar-refractivity contribution in [3.05, 3.63) is 65.7 Å². The normalized spacial score (nSPS) is 12.8. The fourth-order valence-corrected chi connectivity index (χ4v) is 3.73. The van der Waals surface area contributed by atoms with Crippen molar-refractivity contribution in [2.45, 2.75) is 39.7 Å². The Hall–Kier alpha value is -3.06. The van der Waals surface area contributed by atoms with Gasteiger partial charge in [-0.1, -0.05) is 91.8 Å². The fraction of sp³-hybridized carbons (Fsp3) is 0.304. The van der Waals surface area contributed by atoms with E-state index in [0.29, 0.717) is 5.13 Å². The number of anilines is 1. The van der Waals surface area contributed by atoms with Crippen molar-refractivity contribution in [3.8, 4) is 10.6 Å². The van der Waals surface area contributed by atoms with E-state index in [1.807, 2.05) is 75.4 Å². The molecule has 0 saturated carbocycles. The van der Waals surface area contributed by atoms with Gasteiger partial charge in [0.15, 0.2) is 0 Å². The molecule has 30 heavy (non-hydrogen) atoms. The second-order valence-corrected chi connectivity index (χ2v) is 8.34. The maximum Gasteiger partial charge on any atom is 0.249 e. The maximum absolute atomic E-state index is 12.9. The summed E-state index contributed by atoms with van der Waals surface area (Å²) in [5.74, 6) is -0.481. The van der Waals surface area contributed by atoms with Crippen LogP contribution in [-0.2, 0) is 16.0 Å². The topological polar surface area (TPSA) is 84.0 Å². The number of nitrogens with zero attached hydrogens (tertiary/aromatic N) is 2. The molecular weight excluding hydrogens is 396 g/mol. The molecule has 6 nitrogen and oxygen atoms in total. The minimum Gasteiger partial charge on any atom is -0.344 e. The Labute approximate surface area is 180 Å². The van der Waals surface area contributed by atoms with Crippen LogP contribution >= 0.6 is 11.3 Å². The average Bonchev–Trinajstić information content (AvgIpc) is 3.21. The van der Waals surface area contributed by atoms with Crippen molar-refractivity contribution >= 4 is 28.3 Å². The first kappa shape index (κ1) is 21.6. The Morgan fingerprint density at radius 2 is 1.73 bits per heavy atom. The second-order valence-electron chi connectivity index (χ2n) is 7.36. The summed E-state index contributed by atoms with van der Waals surface area (Å²) >= 11 is 1.31. The molecule has 0 radical (unpaired) electrons. The van der Waals surface area contributed by atoms with Crippen LogP contribution in [-0.4, -0.2) is 28.1 Å². The van der Waals surface area contributed by atoms with Crippen LogP contribution in [0.1, 0.15) is 31.4 Å². The molecule has 0 fully saturated rings. The predicted molar refractivity (Wildman–Crippen MR) is 120 cm³/mol. The van der Waals surface area contributed by atoms with Crippen molar-refractivity contribution in [2.24, 2.45) is 5.92 Å². The van der Waals surface area contributed by atoms with Crippen molar-refractivity contribution in [1.82, 2.24) is 15.5 Å². The summed E-state index contributed by atoms with van der Waals surface area (Å²) in [4.78, 5) is 25.4. The van der Waals surface area contributed by atoms with Gasteiger partial charge in [0.25, 0.3) is 0 Å². The number of aryl methyl sites for hydroxylation is 1. The Balaban J connectivity index is 1.66. The van der Waals surface area contributed by atoms with E-state index >= 15 is 0 Å². The van der Waals surface area contributed by atoms with E-state index in [1.165, 1.54) is 16.9 Å². The van der Waals surface area contributed by atoms with Crippen LogP contribution in [0.15, 0.2) is 54.6 Å². The molecule has 0 aliphatic carbocycles. The van der Waals surface area contributed by atoms with Crippen molar-refractivity contribution in [1.29, 1.82) is 0 Å². The van der Waals surface area contributed by atoms with E-state index in [1.54, 1.807) is 0 Å². The zero-order valence-electron chi connectivity index (χ0n) is 17.4. The molecule has 1 heterocycles. The lowest BCUT2D eigenvalue weighted by atomic mass is 9.98. The molecule has 2 atom stereocenters. The van der Waals surface area contributed by atoms with Crippen molar-refractivity contribution in [3.63, 3.8) is 0 Å². The number of rotatable bonds is 8. The molecule has 0 aliphatic rings. The van der Waals surface area contributed by atoms with Gasteiger partial charge in [-0.15, -0.1) is 10.2 Å². The van der Waals surface area contributed by atoms with E-state index in [2.05, 4.69) is 20.8 Å². The van der Waals surface area contributed by atoms with Crippen LogP contribution < -0.4 is 10.6 Å². The highest BCUT2D eigenvalue weighted by atomic mass is 32.1. The molecule has 0 spiro atoms. The summed E-state index contributed by atoms with van der Waals surface area (Å²) in [5, 5.41) is 15.1. The minimum absolute atomic E-state index is 0.0192. The molecule has 2 N–H and O–H groups in total. The first-order valence-electron chi connectivity index (χ1n) is 10.0. The van der Waals surface area contributed by atoms with Gasteiger partial charge in [-0.3, -0.25) is 14.9 Å². The number of carbonyl (C=O) groups excluding carboxylic acids is 2. The molecule has 0 unspecified atom stereocenters. The lowest BCUT2D eigenvalue weighted by molar-refractivity contribution is -0.127. The molecular formula is C23H26N4O2S. The third kappa shape index (κ3) is 5.73. The molecule has 0 aliphatic heterocycles. The quantitative estimate of drug-likeness (QED) is 0.569. The van der Waals surface area contributed by atoms with Crippen molar-refractivity contribution < 1.29 is 9.59 Å². The lowest BCUT2D eigenvalue weighted by Gasteiger charge is -2.23. The molecule has 0 saturated heterocycles. The summed E-state index contributed by atoms with van der Waals surface area (Å²) in [6.07, 6.45) is 0.992. The fourth-order valence-electron chi connectivity index (χ4n) is 2.98. The van der Waals surface area contributed by atoms with E-state index in [9.17, 15) is 9.59 Å². The van der Waals surface area contributed by atoms with Gasteiger partial charge in [0.1, 0.15) is 11.0 Å². The number of carbonyl (C=O) groups is 2. The number of hydrogen-bond acceptors (Lipinski definition) is 5. The Morgan fingerprint density at radius 3 is 2.40 bits per heavy atom. The van der Waals surface area contributed by atoms with Gasteiger partial charge in [0, 0.05) is 5.56 Å². The predicted octanol–water partition coefficient (Wildman–Crippen LogP) is 4.23. The Morgan fingerprint density at radius 1 is 1.03 bits per heavy atom. The number of aromatic nitrogens is 2. The third-order valence-corrected chi connectivity index (χ3v) is 5.86. The van der Waals surface area contributed by atoms with E-state index < -0.39 is 6.04 Å². The molecule has 3 aromatic rings. The number of nitrogens with one attached hydrogen (secondary N) is 2. The molecule has 7 heteroatoms. The highest BCUT2D eigenvalue weighted by molar-refractivity contribution is 7.18. The summed E-state index contributed by atoms with van der Waals surface area (Å²) in [5.41, 5.74) is 3.03. The lowest BCUT2D eigenvalue weighted by Crippen LogP contribution is -2.48. The standard InChI is InChI=1S/C23H26N4O2S/c1-4-16(3)20(24-19(28)14-17-8-6-5-7-9-17)21(29)25-23-27-26-22(30-23)18-12-10-15(2)11-13-18/h5-13,16,20H,4,14H2,1-3H3,(H,24,28)(H,25,27,29)/t16-,20-/m1/s1. The molecule has 3 rings (SSSR count). The largest absolute Gasteiger partial charge is 0.344 e. The van der Waals surface area contributed by atoms with Crippen molar-refractivity contribution in [2.75, 3.05) is 5.32 Å². The monoisotopic (exact) mass is 422 g/mol. The number of amides is 2. The molecule has 2 amide bonds. The summed E-state index contributed by atoms with van der Waals surface area (Å²) in [6.45, 7) is 5.97. The maximum atomic E-state index is 12.9. The second kappa shape index (κ2) is 10.1. The smallest absolute Gasteiger partial charge is 0.249 e. The third-order valence-electron chi connectivity index (χ3n) is 4.97. The number of hydrogen-bond donors (Lipinski definition) is 2. The van der Waals surface area contributed by atoms with Gasteiger partial charge in [-0.25, -0.2) is 0 Å². The summed E-state index contributed by atoms with van der Waals surface area (Å²) < 4.78 is 0. The van der Waals surface area contributed by atoms with E-state index in [-0.39, 0.29) is 24.2 Å². The Bertz CT molecular complexity index is 986. The highest BCUT2D eigenvalue weighted by Crippen LogP contribution is 2.26. The SMILES string of the molecule is CC[C@@H](C)[C@@H](NC(=O)Cc1ccccc1)C(=O)Nc1nnc(-c2ccc(C)cc2)s1.